The number of halogens is 1. The maximum absolute atomic E-state index is 11.8. The molecule has 0 radical (unpaired) electrons. The van der Waals surface area contributed by atoms with E-state index >= 15 is 0 Å². The zero-order chi connectivity index (χ0) is 14.3. The summed E-state index contributed by atoms with van der Waals surface area (Å²) in [6.45, 7) is 4.29. The molecule has 0 fully saturated rings. The van der Waals surface area contributed by atoms with Gasteiger partial charge in [-0.25, -0.2) is 0 Å². The average Bonchev–Trinajstić information content (AvgIpc) is 2.71. The van der Waals surface area contributed by atoms with E-state index < -0.39 is 11.5 Å². The number of hydrogen-bond acceptors (Lipinski definition) is 4. The number of rotatable bonds is 1. The van der Waals surface area contributed by atoms with Crippen molar-refractivity contribution in [3.8, 4) is 5.95 Å². The molecule has 0 N–H and O–H groups in total. The number of ether oxygens (including phenoxy) is 1. The van der Waals surface area contributed by atoms with E-state index in [1.54, 1.807) is 4.68 Å². The van der Waals surface area contributed by atoms with Crippen LogP contribution in [0.1, 0.15) is 37.6 Å². The van der Waals surface area contributed by atoms with Crippen LogP contribution in [0.5, 0.6) is 5.95 Å². The Bertz CT molecular complexity index is 622. The van der Waals surface area contributed by atoms with Crippen molar-refractivity contribution < 1.29 is 19.0 Å². The van der Waals surface area contributed by atoms with Gasteiger partial charge in [-0.2, -0.15) is 0 Å². The largest absolute Gasteiger partial charge is 0.539 e. The summed E-state index contributed by atoms with van der Waals surface area (Å²) in [5.41, 5.74) is 0.740. The van der Waals surface area contributed by atoms with E-state index in [9.17, 15) is 5.11 Å². The Hall–Kier alpha value is -1.59. The van der Waals surface area contributed by atoms with Gasteiger partial charge in [0, 0.05) is 11.4 Å². The molecular formula is C14H15ClN2O3. The Morgan fingerprint density at radius 1 is 1.35 bits per heavy atom. The summed E-state index contributed by atoms with van der Waals surface area (Å²) in [5, 5.41) is 16.2. The van der Waals surface area contributed by atoms with Crippen LogP contribution in [0.25, 0.3) is 0 Å². The van der Waals surface area contributed by atoms with Gasteiger partial charge in [-0.15, -0.1) is 0 Å². The monoisotopic (exact) mass is 294 g/mol. The molecule has 3 rings (SSSR count). The van der Waals surface area contributed by atoms with Crippen molar-refractivity contribution in [1.82, 2.24) is 5.27 Å². The van der Waals surface area contributed by atoms with Crippen LogP contribution in [0.2, 0.25) is 5.02 Å². The van der Waals surface area contributed by atoms with Crippen LogP contribution in [-0.2, 0) is 16.9 Å². The predicted molar refractivity (Wildman–Crippen MR) is 69.1 cm³/mol. The first kappa shape index (κ1) is 13.4. The minimum absolute atomic E-state index is 0.108. The summed E-state index contributed by atoms with van der Waals surface area (Å²) in [6, 6.07) is 7.56. The Morgan fingerprint density at radius 2 is 2.05 bits per heavy atom. The maximum Gasteiger partial charge on any atom is 0.264 e. The lowest BCUT2D eigenvalue weighted by Gasteiger charge is -2.25. The van der Waals surface area contributed by atoms with Crippen molar-refractivity contribution in [3.63, 3.8) is 0 Å². The van der Waals surface area contributed by atoms with Gasteiger partial charge in [0.05, 0.1) is 11.4 Å². The van der Waals surface area contributed by atoms with Gasteiger partial charge in [0.25, 0.3) is 5.69 Å². The Kier molecular flexibility index (Phi) is 3.18. The summed E-state index contributed by atoms with van der Waals surface area (Å²) in [4.78, 5) is 0. The summed E-state index contributed by atoms with van der Waals surface area (Å²) < 4.78 is 12.4. The van der Waals surface area contributed by atoms with Crippen molar-refractivity contribution in [2.75, 3.05) is 0 Å². The zero-order valence-electron chi connectivity index (χ0n) is 11.3. The smallest absolute Gasteiger partial charge is 0.264 e. The minimum atomic E-state index is -0.752. The first-order valence-electron chi connectivity index (χ1n) is 6.48. The highest BCUT2D eigenvalue weighted by atomic mass is 35.5. The van der Waals surface area contributed by atoms with Gasteiger partial charge in [0.2, 0.25) is 0 Å². The van der Waals surface area contributed by atoms with Crippen molar-refractivity contribution in [2.45, 2.75) is 38.5 Å². The molecule has 0 saturated carbocycles. The van der Waals surface area contributed by atoms with Crippen LogP contribution < -0.4 is 9.79 Å². The number of nitrogens with zero attached hydrogens (tertiary/aromatic N) is 2. The third-order valence-corrected chi connectivity index (χ3v) is 3.78. The van der Waals surface area contributed by atoms with Gasteiger partial charge < -0.3 is 14.4 Å². The van der Waals surface area contributed by atoms with E-state index in [2.05, 4.69) is 5.27 Å². The molecule has 0 bridgehead atoms. The van der Waals surface area contributed by atoms with Gasteiger partial charge in [-0.05, 0) is 31.5 Å². The van der Waals surface area contributed by atoms with E-state index in [0.717, 1.165) is 5.56 Å². The molecule has 0 saturated heterocycles. The molecule has 1 atom stereocenters. The second-order valence-electron chi connectivity index (χ2n) is 5.39. The average molecular weight is 295 g/mol. The van der Waals surface area contributed by atoms with E-state index in [1.165, 1.54) is 0 Å². The van der Waals surface area contributed by atoms with Crippen molar-refractivity contribution >= 4 is 11.6 Å². The maximum atomic E-state index is 11.8. The molecule has 1 unspecified atom stereocenters. The molecule has 0 aliphatic carbocycles. The van der Waals surface area contributed by atoms with E-state index in [4.69, 9.17) is 20.9 Å². The van der Waals surface area contributed by atoms with Gasteiger partial charge in [0.15, 0.2) is 18.1 Å². The van der Waals surface area contributed by atoms with Crippen LogP contribution in [0.3, 0.4) is 0 Å². The summed E-state index contributed by atoms with van der Waals surface area (Å²) in [7, 11) is 0. The third-order valence-electron chi connectivity index (χ3n) is 3.53. The van der Waals surface area contributed by atoms with Crippen LogP contribution in [0, 0.1) is 0 Å². The molecule has 2 aromatic rings. The number of fused-ring (bicyclic) bond motifs is 1. The van der Waals surface area contributed by atoms with Crippen LogP contribution in [0.15, 0.2) is 28.8 Å². The third kappa shape index (κ3) is 2.27. The fraction of sp³-hybridized carbons (Fsp3) is 0.429. The molecule has 6 heteroatoms. The van der Waals surface area contributed by atoms with E-state index in [0.29, 0.717) is 23.7 Å². The van der Waals surface area contributed by atoms with E-state index in [-0.39, 0.29) is 6.10 Å². The standard InChI is InChI=1S/C14H15ClN2O3/c1-14(2)12-13(18)20-16-17(12)8-7-11(19-14)9-3-5-10(15)6-4-9/h3-6,11H,7-8H2,1-2H3. The first-order valence-corrected chi connectivity index (χ1v) is 6.86. The van der Waals surface area contributed by atoms with Gasteiger partial charge >= 0.3 is 0 Å². The molecule has 20 heavy (non-hydrogen) atoms. The second kappa shape index (κ2) is 4.75. The SMILES string of the molecule is CC1(C)OC(c2ccc(Cl)cc2)CC[n+]2noc([O-])c21. The molecule has 5 nitrogen and oxygen atoms in total. The van der Waals surface area contributed by atoms with Gasteiger partial charge in [-0.1, -0.05) is 28.4 Å². The van der Waals surface area contributed by atoms with Gasteiger partial charge in [-0.3, -0.25) is 0 Å². The summed E-state index contributed by atoms with van der Waals surface area (Å²) in [5.74, 6) is -0.438. The highest BCUT2D eigenvalue weighted by molar-refractivity contribution is 6.30. The Labute approximate surface area is 121 Å². The first-order chi connectivity index (χ1) is 9.47. The molecule has 1 aliphatic rings. The summed E-state index contributed by atoms with van der Waals surface area (Å²) in [6.07, 6.45) is 0.609. The van der Waals surface area contributed by atoms with Crippen LogP contribution in [0.4, 0.5) is 0 Å². The number of hydrogen-bond donors (Lipinski definition) is 0. The highest BCUT2D eigenvalue weighted by Crippen LogP contribution is 2.37. The molecule has 0 spiro atoms. The molecule has 1 aromatic carbocycles. The Morgan fingerprint density at radius 3 is 2.75 bits per heavy atom. The number of benzene rings is 1. The zero-order valence-corrected chi connectivity index (χ0v) is 12.1. The highest BCUT2D eigenvalue weighted by Gasteiger charge is 2.41. The predicted octanol–water partition coefficient (Wildman–Crippen LogP) is 2.09. The van der Waals surface area contributed by atoms with Crippen LogP contribution >= 0.6 is 11.6 Å². The van der Waals surface area contributed by atoms with Crippen molar-refractivity contribution in [3.05, 3.63) is 40.5 Å². The fourth-order valence-electron chi connectivity index (χ4n) is 2.61. The molecular weight excluding hydrogens is 280 g/mol. The fourth-order valence-corrected chi connectivity index (χ4v) is 2.73. The number of aryl methyl sites for hydroxylation is 1. The Balaban J connectivity index is 1.94. The summed E-state index contributed by atoms with van der Waals surface area (Å²) >= 11 is 5.91. The lowest BCUT2D eigenvalue weighted by molar-refractivity contribution is -0.770. The van der Waals surface area contributed by atoms with Crippen molar-refractivity contribution in [2.24, 2.45) is 0 Å². The van der Waals surface area contributed by atoms with E-state index in [1.807, 2.05) is 38.1 Å². The molecule has 106 valence electrons. The lowest BCUT2D eigenvalue weighted by atomic mass is 10.0. The minimum Gasteiger partial charge on any atom is -0.539 e. The normalized spacial score (nSPS) is 21.2. The molecule has 0 amide bonds. The van der Waals surface area contributed by atoms with Crippen molar-refractivity contribution in [1.29, 1.82) is 0 Å². The topological polar surface area (TPSA) is 62.2 Å². The van der Waals surface area contributed by atoms with Gasteiger partial charge in [0.1, 0.15) is 0 Å². The number of aromatic nitrogens is 2. The quantitative estimate of drug-likeness (QED) is 0.756. The molecule has 1 aliphatic heterocycles. The molecule has 2 heterocycles. The second-order valence-corrected chi connectivity index (χ2v) is 5.83. The van der Waals surface area contributed by atoms with Crippen LogP contribution in [-0.4, -0.2) is 5.27 Å². The lowest BCUT2D eigenvalue weighted by Crippen LogP contribution is -2.43. The molecule has 1 aromatic heterocycles.